The predicted octanol–water partition coefficient (Wildman–Crippen LogP) is 4.18. The molecule has 1 N–H and O–H groups in total. The molecule has 140 valence electrons. The van der Waals surface area contributed by atoms with E-state index in [1.807, 2.05) is 42.1 Å². The molecule has 3 aromatic rings. The molecule has 1 atom stereocenters. The molecule has 0 aliphatic carbocycles. The number of amides is 1. The van der Waals surface area contributed by atoms with Crippen LogP contribution in [0, 0.1) is 0 Å². The first-order chi connectivity index (χ1) is 13.0. The number of ether oxygens (including phenoxy) is 1. The first-order valence-corrected chi connectivity index (χ1v) is 9.08. The Hall–Kier alpha value is -2.50. The Kier molecular flexibility index (Phi) is 6.04. The molecule has 5 nitrogen and oxygen atoms in total. The molecule has 0 bridgehead atoms. The number of methoxy groups -OCH3 is 1. The van der Waals surface area contributed by atoms with Gasteiger partial charge in [-0.1, -0.05) is 41.4 Å². The van der Waals surface area contributed by atoms with Crippen molar-refractivity contribution < 1.29 is 9.53 Å². The second-order valence-electron chi connectivity index (χ2n) is 6.05. The number of aryl methyl sites for hydroxylation is 1. The minimum atomic E-state index is -0.412. The summed E-state index contributed by atoms with van der Waals surface area (Å²) in [7, 11) is 3.50. The highest BCUT2D eigenvalue weighted by Crippen LogP contribution is 2.26. The number of imidazole rings is 1. The molecule has 1 unspecified atom stereocenters. The molecule has 0 saturated heterocycles. The van der Waals surface area contributed by atoms with Crippen LogP contribution in [0.5, 0.6) is 5.75 Å². The van der Waals surface area contributed by atoms with E-state index in [2.05, 4.69) is 10.3 Å². The molecule has 1 aromatic heterocycles. The van der Waals surface area contributed by atoms with Crippen molar-refractivity contribution in [2.24, 2.45) is 7.05 Å². The summed E-state index contributed by atoms with van der Waals surface area (Å²) in [5.74, 6) is 1.26. The monoisotopic (exact) mass is 403 g/mol. The number of aromatic nitrogens is 2. The Bertz CT molecular complexity index is 918. The highest BCUT2D eigenvalue weighted by Gasteiger charge is 2.22. The molecule has 1 heterocycles. The lowest BCUT2D eigenvalue weighted by molar-refractivity contribution is -0.121. The largest absolute Gasteiger partial charge is 0.497 e. The summed E-state index contributed by atoms with van der Waals surface area (Å²) in [4.78, 5) is 17.1. The molecule has 7 heteroatoms. The van der Waals surface area contributed by atoms with E-state index in [1.165, 1.54) is 0 Å². The maximum atomic E-state index is 12.7. The zero-order chi connectivity index (χ0) is 19.4. The standard InChI is InChI=1S/C20H19Cl2N3O2/c1-25-11-10-23-20(25)19(13-6-8-14(27-2)9-7-13)24-18(26)12-15-16(21)4-3-5-17(15)22/h3-11,19H,12H2,1-2H3,(H,24,26). The zero-order valence-electron chi connectivity index (χ0n) is 14.9. The van der Waals surface area contributed by atoms with Crippen LogP contribution in [0.2, 0.25) is 10.0 Å². The van der Waals surface area contributed by atoms with Gasteiger partial charge < -0.3 is 14.6 Å². The second kappa shape index (κ2) is 8.46. The van der Waals surface area contributed by atoms with Crippen LogP contribution >= 0.6 is 23.2 Å². The van der Waals surface area contributed by atoms with Crippen molar-refractivity contribution in [2.75, 3.05) is 7.11 Å². The molecular weight excluding hydrogens is 385 g/mol. The van der Waals surface area contributed by atoms with E-state index in [1.54, 1.807) is 31.5 Å². The molecule has 1 amide bonds. The molecule has 0 aliphatic rings. The van der Waals surface area contributed by atoms with Gasteiger partial charge in [0.2, 0.25) is 5.91 Å². The molecule has 0 aliphatic heterocycles. The minimum Gasteiger partial charge on any atom is -0.497 e. The summed E-state index contributed by atoms with van der Waals surface area (Å²) in [5.41, 5.74) is 1.50. The molecule has 27 heavy (non-hydrogen) atoms. The van der Waals surface area contributed by atoms with Gasteiger partial charge in [0.15, 0.2) is 0 Å². The van der Waals surface area contributed by atoms with Crippen molar-refractivity contribution in [3.8, 4) is 5.75 Å². The van der Waals surface area contributed by atoms with Crippen LogP contribution < -0.4 is 10.1 Å². The Morgan fingerprint density at radius 1 is 1.19 bits per heavy atom. The third-order valence-electron chi connectivity index (χ3n) is 4.27. The van der Waals surface area contributed by atoms with Gasteiger partial charge in [-0.3, -0.25) is 4.79 Å². The van der Waals surface area contributed by atoms with Crippen molar-refractivity contribution in [1.29, 1.82) is 0 Å². The fourth-order valence-electron chi connectivity index (χ4n) is 2.82. The molecular formula is C20H19Cl2N3O2. The Balaban J connectivity index is 1.87. The van der Waals surface area contributed by atoms with Gasteiger partial charge in [-0.15, -0.1) is 0 Å². The van der Waals surface area contributed by atoms with Gasteiger partial charge in [0, 0.05) is 29.5 Å². The van der Waals surface area contributed by atoms with Gasteiger partial charge in [-0.05, 0) is 35.4 Å². The van der Waals surface area contributed by atoms with Crippen molar-refractivity contribution in [2.45, 2.75) is 12.5 Å². The summed E-state index contributed by atoms with van der Waals surface area (Å²) < 4.78 is 7.08. The number of hydrogen-bond donors (Lipinski definition) is 1. The quantitative estimate of drug-likeness (QED) is 0.671. The molecule has 3 rings (SSSR count). The van der Waals surface area contributed by atoms with E-state index in [4.69, 9.17) is 27.9 Å². The van der Waals surface area contributed by atoms with Crippen molar-refractivity contribution >= 4 is 29.1 Å². The lowest BCUT2D eigenvalue weighted by Crippen LogP contribution is -2.32. The van der Waals surface area contributed by atoms with Gasteiger partial charge in [-0.25, -0.2) is 4.98 Å². The minimum absolute atomic E-state index is 0.0790. The highest BCUT2D eigenvalue weighted by molar-refractivity contribution is 6.36. The SMILES string of the molecule is COc1ccc(C(NC(=O)Cc2c(Cl)cccc2Cl)c2nccn2C)cc1. The summed E-state index contributed by atoms with van der Waals surface area (Å²) in [6.45, 7) is 0. The van der Waals surface area contributed by atoms with E-state index >= 15 is 0 Å². The molecule has 0 fully saturated rings. The predicted molar refractivity (Wildman–Crippen MR) is 106 cm³/mol. The van der Waals surface area contributed by atoms with E-state index < -0.39 is 6.04 Å². The van der Waals surface area contributed by atoms with Gasteiger partial charge in [0.25, 0.3) is 0 Å². The third kappa shape index (κ3) is 4.43. The fraction of sp³-hybridized carbons (Fsp3) is 0.200. The smallest absolute Gasteiger partial charge is 0.225 e. The van der Waals surface area contributed by atoms with E-state index in [9.17, 15) is 4.79 Å². The third-order valence-corrected chi connectivity index (χ3v) is 4.98. The second-order valence-corrected chi connectivity index (χ2v) is 6.86. The number of hydrogen-bond acceptors (Lipinski definition) is 3. The average Bonchev–Trinajstić information content (AvgIpc) is 3.09. The number of nitrogens with zero attached hydrogens (tertiary/aromatic N) is 2. The van der Waals surface area contributed by atoms with Crippen LogP contribution in [0.15, 0.2) is 54.9 Å². The number of benzene rings is 2. The van der Waals surface area contributed by atoms with Crippen molar-refractivity contribution in [1.82, 2.24) is 14.9 Å². The Morgan fingerprint density at radius 3 is 2.41 bits per heavy atom. The number of nitrogens with one attached hydrogen (secondary N) is 1. The normalized spacial score (nSPS) is 11.9. The maximum Gasteiger partial charge on any atom is 0.225 e. The topological polar surface area (TPSA) is 56.1 Å². The first-order valence-electron chi connectivity index (χ1n) is 8.33. The van der Waals surface area contributed by atoms with Crippen LogP contribution in [0.1, 0.15) is 23.0 Å². The van der Waals surface area contributed by atoms with Gasteiger partial charge in [0.1, 0.15) is 17.6 Å². The van der Waals surface area contributed by atoms with Crippen LogP contribution in [0.4, 0.5) is 0 Å². The summed E-state index contributed by atoms with van der Waals surface area (Å²) in [6, 6.07) is 12.3. The lowest BCUT2D eigenvalue weighted by atomic mass is 10.0. The summed E-state index contributed by atoms with van der Waals surface area (Å²) in [6.07, 6.45) is 3.61. The Morgan fingerprint density at radius 2 is 1.85 bits per heavy atom. The highest BCUT2D eigenvalue weighted by atomic mass is 35.5. The van der Waals surface area contributed by atoms with Crippen LogP contribution in [0.25, 0.3) is 0 Å². The summed E-state index contributed by atoms with van der Waals surface area (Å²) >= 11 is 12.4. The Labute approximate surface area is 167 Å². The van der Waals surface area contributed by atoms with Crippen LogP contribution in [0.3, 0.4) is 0 Å². The first kappa shape index (κ1) is 19.3. The van der Waals surface area contributed by atoms with Gasteiger partial charge >= 0.3 is 0 Å². The maximum absolute atomic E-state index is 12.7. The van der Waals surface area contributed by atoms with E-state index in [0.717, 1.165) is 17.1 Å². The fourth-order valence-corrected chi connectivity index (χ4v) is 3.35. The molecule has 0 saturated carbocycles. The van der Waals surface area contributed by atoms with Crippen molar-refractivity contribution in [3.63, 3.8) is 0 Å². The van der Waals surface area contributed by atoms with Crippen molar-refractivity contribution in [3.05, 3.63) is 81.9 Å². The zero-order valence-corrected chi connectivity index (χ0v) is 16.5. The van der Waals surface area contributed by atoms with Crippen LogP contribution in [-0.4, -0.2) is 22.6 Å². The number of halogens is 2. The number of rotatable bonds is 6. The number of carbonyl (C=O) groups excluding carboxylic acids is 1. The lowest BCUT2D eigenvalue weighted by Gasteiger charge is -2.20. The van der Waals surface area contributed by atoms with E-state index in [-0.39, 0.29) is 12.3 Å². The number of carbonyl (C=O) groups is 1. The molecule has 0 spiro atoms. The van der Waals surface area contributed by atoms with Gasteiger partial charge in [0.05, 0.1) is 13.5 Å². The average molecular weight is 404 g/mol. The molecule has 2 aromatic carbocycles. The van der Waals surface area contributed by atoms with Gasteiger partial charge in [-0.2, -0.15) is 0 Å². The van der Waals surface area contributed by atoms with E-state index in [0.29, 0.717) is 15.6 Å². The summed E-state index contributed by atoms with van der Waals surface area (Å²) in [5, 5.41) is 3.97. The molecule has 0 radical (unpaired) electrons. The van der Waals surface area contributed by atoms with Crippen LogP contribution in [-0.2, 0) is 18.3 Å².